The van der Waals surface area contributed by atoms with Crippen LogP contribution in [0.25, 0.3) is 0 Å². The summed E-state index contributed by atoms with van der Waals surface area (Å²) in [6.07, 6.45) is 0.320. The van der Waals surface area contributed by atoms with Crippen molar-refractivity contribution in [2.45, 2.75) is 20.3 Å². The minimum Gasteiger partial charge on any atom is -0.484 e. The Labute approximate surface area is 142 Å². The maximum Gasteiger partial charge on any atom is 0.262 e. The fraction of sp³-hybridized carbons (Fsp3) is 0.263. The van der Waals surface area contributed by atoms with Crippen LogP contribution in [0.3, 0.4) is 0 Å². The number of carbonyl (C=O) groups excluding carboxylic acids is 2. The molecule has 2 aromatic carbocycles. The third kappa shape index (κ3) is 5.12. The molecular formula is C19H22N2O3. The van der Waals surface area contributed by atoms with Crippen molar-refractivity contribution in [3.05, 3.63) is 59.2 Å². The number of hydrogen-bond acceptors (Lipinski definition) is 3. The number of ether oxygens (including phenoxy) is 1. The smallest absolute Gasteiger partial charge is 0.262 e. The van der Waals surface area contributed by atoms with Gasteiger partial charge in [0.2, 0.25) is 5.91 Å². The third-order valence-electron chi connectivity index (χ3n) is 3.73. The molecule has 2 aromatic rings. The Morgan fingerprint density at radius 2 is 1.67 bits per heavy atom. The van der Waals surface area contributed by atoms with Gasteiger partial charge >= 0.3 is 0 Å². The topological polar surface area (TPSA) is 67.4 Å². The lowest BCUT2D eigenvalue weighted by Crippen LogP contribution is -2.21. The SMILES string of the molecule is CNC(=O)Cc1ccc(NC(=O)COc2ccc(C)c(C)c2)cc1. The van der Waals surface area contributed by atoms with Crippen LogP contribution in [0.2, 0.25) is 0 Å². The molecule has 0 aromatic heterocycles. The summed E-state index contributed by atoms with van der Waals surface area (Å²) in [4.78, 5) is 23.3. The molecule has 0 saturated heterocycles. The molecule has 24 heavy (non-hydrogen) atoms. The molecule has 2 rings (SSSR count). The Kier molecular flexibility index (Phi) is 5.95. The molecule has 5 heteroatoms. The molecule has 0 aliphatic heterocycles. The molecule has 5 nitrogen and oxygen atoms in total. The van der Waals surface area contributed by atoms with Crippen LogP contribution in [0.5, 0.6) is 5.75 Å². The fourth-order valence-corrected chi connectivity index (χ4v) is 2.13. The van der Waals surface area contributed by atoms with Crippen LogP contribution in [-0.4, -0.2) is 25.5 Å². The number of nitrogens with one attached hydrogen (secondary N) is 2. The number of likely N-dealkylation sites (N-methyl/N-ethyl adjacent to an activating group) is 1. The molecule has 0 spiro atoms. The van der Waals surface area contributed by atoms with Crippen LogP contribution in [0, 0.1) is 13.8 Å². The normalized spacial score (nSPS) is 10.1. The number of amides is 2. The largest absolute Gasteiger partial charge is 0.484 e. The number of anilines is 1. The first-order valence-corrected chi connectivity index (χ1v) is 7.77. The molecule has 2 N–H and O–H groups in total. The lowest BCUT2D eigenvalue weighted by Gasteiger charge is -2.09. The zero-order valence-corrected chi connectivity index (χ0v) is 14.2. The van der Waals surface area contributed by atoms with Crippen LogP contribution in [0.1, 0.15) is 16.7 Å². The van der Waals surface area contributed by atoms with E-state index in [2.05, 4.69) is 10.6 Å². The van der Waals surface area contributed by atoms with Crippen molar-refractivity contribution in [3.63, 3.8) is 0 Å². The second kappa shape index (κ2) is 8.15. The van der Waals surface area contributed by atoms with E-state index in [0.29, 0.717) is 17.9 Å². The van der Waals surface area contributed by atoms with E-state index in [-0.39, 0.29) is 18.4 Å². The van der Waals surface area contributed by atoms with Gasteiger partial charge in [0.05, 0.1) is 6.42 Å². The Morgan fingerprint density at radius 1 is 0.958 bits per heavy atom. The number of benzene rings is 2. The van der Waals surface area contributed by atoms with Crippen molar-refractivity contribution in [2.24, 2.45) is 0 Å². The molecular weight excluding hydrogens is 304 g/mol. The highest BCUT2D eigenvalue weighted by Crippen LogP contribution is 2.16. The molecule has 2 amide bonds. The van der Waals surface area contributed by atoms with E-state index >= 15 is 0 Å². The molecule has 0 bridgehead atoms. The van der Waals surface area contributed by atoms with Crippen molar-refractivity contribution in [1.29, 1.82) is 0 Å². The lowest BCUT2D eigenvalue weighted by atomic mass is 10.1. The van der Waals surface area contributed by atoms with Gasteiger partial charge < -0.3 is 15.4 Å². The van der Waals surface area contributed by atoms with Crippen molar-refractivity contribution in [2.75, 3.05) is 19.0 Å². The molecule has 0 aliphatic rings. The van der Waals surface area contributed by atoms with E-state index < -0.39 is 0 Å². The van der Waals surface area contributed by atoms with Gasteiger partial charge in [-0.05, 0) is 54.8 Å². The van der Waals surface area contributed by atoms with Crippen molar-refractivity contribution < 1.29 is 14.3 Å². The zero-order chi connectivity index (χ0) is 17.5. The average Bonchev–Trinajstić information content (AvgIpc) is 2.57. The molecule has 0 radical (unpaired) electrons. The molecule has 0 fully saturated rings. The summed E-state index contributed by atoms with van der Waals surface area (Å²) in [7, 11) is 1.60. The first kappa shape index (κ1) is 17.5. The maximum absolute atomic E-state index is 11.9. The number of hydrogen-bond donors (Lipinski definition) is 2. The van der Waals surface area contributed by atoms with Gasteiger partial charge in [-0.25, -0.2) is 0 Å². The van der Waals surface area contributed by atoms with Gasteiger partial charge in [-0.15, -0.1) is 0 Å². The summed E-state index contributed by atoms with van der Waals surface area (Å²) >= 11 is 0. The highest BCUT2D eigenvalue weighted by Gasteiger charge is 2.06. The lowest BCUT2D eigenvalue weighted by molar-refractivity contribution is -0.120. The highest BCUT2D eigenvalue weighted by atomic mass is 16.5. The summed E-state index contributed by atoms with van der Waals surface area (Å²) in [5.41, 5.74) is 3.87. The van der Waals surface area contributed by atoms with E-state index in [0.717, 1.165) is 11.1 Å². The Bertz CT molecular complexity index is 724. The maximum atomic E-state index is 11.9. The van der Waals surface area contributed by atoms with Crippen LogP contribution >= 0.6 is 0 Å². The second-order valence-electron chi connectivity index (χ2n) is 5.63. The van der Waals surface area contributed by atoms with Crippen LogP contribution < -0.4 is 15.4 Å². The van der Waals surface area contributed by atoms with Crippen LogP contribution in [-0.2, 0) is 16.0 Å². The van der Waals surface area contributed by atoms with E-state index in [9.17, 15) is 9.59 Å². The van der Waals surface area contributed by atoms with Gasteiger partial charge in [-0.3, -0.25) is 9.59 Å². The van der Waals surface area contributed by atoms with Crippen molar-refractivity contribution >= 4 is 17.5 Å². The quantitative estimate of drug-likeness (QED) is 0.857. The summed E-state index contributed by atoms with van der Waals surface area (Å²) in [5, 5.41) is 5.34. The van der Waals surface area contributed by atoms with Gasteiger partial charge in [-0.2, -0.15) is 0 Å². The number of carbonyl (C=O) groups is 2. The van der Waals surface area contributed by atoms with Crippen LogP contribution in [0.4, 0.5) is 5.69 Å². The summed E-state index contributed by atoms with van der Waals surface area (Å²) < 4.78 is 5.50. The predicted molar refractivity (Wildman–Crippen MR) is 94.3 cm³/mol. The monoisotopic (exact) mass is 326 g/mol. The summed E-state index contributed by atoms with van der Waals surface area (Å²) in [6.45, 7) is 3.98. The van der Waals surface area contributed by atoms with Gasteiger partial charge in [0.15, 0.2) is 6.61 Å². The minimum absolute atomic E-state index is 0.0476. The first-order valence-electron chi connectivity index (χ1n) is 7.77. The van der Waals surface area contributed by atoms with E-state index in [1.54, 1.807) is 19.2 Å². The van der Waals surface area contributed by atoms with E-state index in [1.807, 2.05) is 44.2 Å². The highest BCUT2D eigenvalue weighted by molar-refractivity contribution is 5.92. The van der Waals surface area contributed by atoms with E-state index in [1.165, 1.54) is 5.56 Å². The molecule has 0 atom stereocenters. The Hall–Kier alpha value is -2.82. The molecule has 0 saturated carbocycles. The summed E-state index contributed by atoms with van der Waals surface area (Å²) in [6, 6.07) is 12.9. The number of rotatable bonds is 6. The van der Waals surface area contributed by atoms with E-state index in [4.69, 9.17) is 4.74 Å². The van der Waals surface area contributed by atoms with Gasteiger partial charge in [0.1, 0.15) is 5.75 Å². The standard InChI is InChI=1S/C19H22N2O3/c1-13-4-9-17(10-14(13)2)24-12-19(23)21-16-7-5-15(6-8-16)11-18(22)20-3/h4-10H,11-12H2,1-3H3,(H,20,22)(H,21,23). The molecule has 0 unspecified atom stereocenters. The van der Waals surface area contributed by atoms with Crippen molar-refractivity contribution in [1.82, 2.24) is 5.32 Å². The number of aryl methyl sites for hydroxylation is 2. The predicted octanol–water partition coefficient (Wildman–Crippen LogP) is 2.61. The third-order valence-corrected chi connectivity index (χ3v) is 3.73. The van der Waals surface area contributed by atoms with Crippen LogP contribution in [0.15, 0.2) is 42.5 Å². The second-order valence-corrected chi connectivity index (χ2v) is 5.63. The van der Waals surface area contributed by atoms with Crippen molar-refractivity contribution in [3.8, 4) is 5.75 Å². The van der Waals surface area contributed by atoms with Gasteiger partial charge in [-0.1, -0.05) is 18.2 Å². The summed E-state index contributed by atoms with van der Waals surface area (Å²) in [5.74, 6) is 0.398. The Morgan fingerprint density at radius 3 is 2.29 bits per heavy atom. The molecule has 126 valence electrons. The fourth-order valence-electron chi connectivity index (χ4n) is 2.13. The minimum atomic E-state index is -0.229. The van der Waals surface area contributed by atoms with Gasteiger partial charge in [0, 0.05) is 12.7 Å². The van der Waals surface area contributed by atoms with Gasteiger partial charge in [0.25, 0.3) is 5.91 Å². The molecule has 0 heterocycles. The first-order chi connectivity index (χ1) is 11.5. The zero-order valence-electron chi connectivity index (χ0n) is 14.2. The average molecular weight is 326 g/mol. The molecule has 0 aliphatic carbocycles. The Balaban J connectivity index is 1.85.